The lowest BCUT2D eigenvalue weighted by molar-refractivity contribution is -0.167. The second-order valence-corrected chi connectivity index (χ2v) is 8.87. The Labute approximate surface area is 156 Å². The lowest BCUT2D eigenvalue weighted by Gasteiger charge is -2.56. The molecule has 4 nitrogen and oxygen atoms in total. The van der Waals surface area contributed by atoms with E-state index >= 15 is 0 Å². The van der Waals surface area contributed by atoms with Crippen LogP contribution in [0, 0.1) is 16.7 Å². The van der Waals surface area contributed by atoms with E-state index in [2.05, 4.69) is 20.8 Å². The normalized spacial score (nSPS) is 30.9. The van der Waals surface area contributed by atoms with Gasteiger partial charge in [-0.05, 0) is 60.6 Å². The topological polar surface area (TPSA) is 56.5 Å². The quantitative estimate of drug-likeness (QED) is 0.720. The molecule has 4 heteroatoms. The molecular formula is C22H30O4. The van der Waals surface area contributed by atoms with Crippen molar-refractivity contribution < 1.29 is 18.7 Å². The summed E-state index contributed by atoms with van der Waals surface area (Å²) in [5.41, 5.74) is 3.00. The highest BCUT2D eigenvalue weighted by molar-refractivity contribution is 6.01. The van der Waals surface area contributed by atoms with E-state index in [1.165, 1.54) is 12.5 Å². The molecule has 1 aromatic heterocycles. The summed E-state index contributed by atoms with van der Waals surface area (Å²) in [5.74, 6) is -0.371. The van der Waals surface area contributed by atoms with Crippen LogP contribution in [0.15, 0.2) is 34.2 Å². The molecule has 1 aromatic rings. The number of ketones is 1. The Balaban J connectivity index is 2.03. The number of ether oxygens (including phenoxy) is 1. The minimum Gasteiger partial charge on any atom is -0.472 e. The maximum absolute atomic E-state index is 13.2. The smallest absolute Gasteiger partial charge is 0.303 e. The van der Waals surface area contributed by atoms with E-state index in [9.17, 15) is 9.59 Å². The van der Waals surface area contributed by atoms with Crippen LogP contribution in [0.4, 0.5) is 0 Å². The number of rotatable bonds is 4. The van der Waals surface area contributed by atoms with Crippen molar-refractivity contribution in [3.63, 3.8) is 0 Å². The first-order valence-corrected chi connectivity index (χ1v) is 9.59. The molecule has 0 aromatic carbocycles. The molecule has 0 bridgehead atoms. The number of fused-ring (bicyclic) bond motifs is 1. The standard InChI is InChI=1S/C22H30O4/c1-14-17(8-7-16-9-12-25-13-16)22(5)11-6-10-21(3,4)20(22)19(18(14)24)26-15(2)23/h9,12-13,19-20H,6-8,10-11H2,1-5H3/t19-,20+,22-/m1/s1. The summed E-state index contributed by atoms with van der Waals surface area (Å²) < 4.78 is 10.8. The van der Waals surface area contributed by atoms with E-state index in [0.717, 1.165) is 43.2 Å². The number of allylic oxidation sites excluding steroid dienone is 1. The molecule has 0 radical (unpaired) electrons. The summed E-state index contributed by atoms with van der Waals surface area (Å²) >= 11 is 0. The van der Waals surface area contributed by atoms with Gasteiger partial charge in [0.25, 0.3) is 0 Å². The van der Waals surface area contributed by atoms with Crippen molar-refractivity contribution in [2.24, 2.45) is 16.7 Å². The summed E-state index contributed by atoms with van der Waals surface area (Å²) in [6, 6.07) is 1.98. The summed E-state index contributed by atoms with van der Waals surface area (Å²) in [6.07, 6.45) is 7.70. The van der Waals surface area contributed by atoms with E-state index in [-0.39, 0.29) is 28.5 Å². The molecule has 142 valence electrons. The van der Waals surface area contributed by atoms with Crippen molar-refractivity contribution in [1.29, 1.82) is 0 Å². The number of esters is 1. The van der Waals surface area contributed by atoms with Gasteiger partial charge in [0.05, 0.1) is 12.5 Å². The van der Waals surface area contributed by atoms with E-state index in [0.29, 0.717) is 0 Å². The number of aryl methyl sites for hydroxylation is 1. The highest BCUT2D eigenvalue weighted by atomic mass is 16.5. The molecule has 1 fully saturated rings. The van der Waals surface area contributed by atoms with Crippen molar-refractivity contribution in [3.8, 4) is 0 Å². The molecule has 1 saturated carbocycles. The molecule has 0 aliphatic heterocycles. The van der Waals surface area contributed by atoms with Gasteiger partial charge in [0.15, 0.2) is 11.9 Å². The van der Waals surface area contributed by atoms with Gasteiger partial charge >= 0.3 is 5.97 Å². The Morgan fingerprint density at radius 2 is 2.00 bits per heavy atom. The summed E-state index contributed by atoms with van der Waals surface area (Å²) in [7, 11) is 0. The van der Waals surface area contributed by atoms with Gasteiger partial charge in [-0.3, -0.25) is 9.59 Å². The monoisotopic (exact) mass is 358 g/mol. The van der Waals surface area contributed by atoms with Gasteiger partial charge in [0, 0.05) is 12.8 Å². The zero-order chi connectivity index (χ0) is 19.1. The van der Waals surface area contributed by atoms with Crippen molar-refractivity contribution in [3.05, 3.63) is 35.3 Å². The average molecular weight is 358 g/mol. The Bertz CT molecular complexity index is 725. The van der Waals surface area contributed by atoms with Crippen LogP contribution in [0.1, 0.15) is 65.9 Å². The Morgan fingerprint density at radius 1 is 1.27 bits per heavy atom. The molecule has 2 aliphatic rings. The largest absolute Gasteiger partial charge is 0.472 e. The third kappa shape index (κ3) is 3.15. The highest BCUT2D eigenvalue weighted by Crippen LogP contribution is 2.60. The van der Waals surface area contributed by atoms with E-state index in [4.69, 9.17) is 9.15 Å². The third-order valence-corrected chi connectivity index (χ3v) is 6.66. The molecule has 3 rings (SSSR count). The van der Waals surface area contributed by atoms with Crippen LogP contribution in [0.2, 0.25) is 0 Å². The maximum Gasteiger partial charge on any atom is 0.303 e. The maximum atomic E-state index is 13.2. The van der Waals surface area contributed by atoms with Crippen LogP contribution in [0.5, 0.6) is 0 Å². The van der Waals surface area contributed by atoms with Gasteiger partial charge in [-0.15, -0.1) is 0 Å². The molecule has 3 atom stereocenters. The predicted molar refractivity (Wildman–Crippen MR) is 99.5 cm³/mol. The van der Waals surface area contributed by atoms with Gasteiger partial charge in [0.1, 0.15) is 0 Å². The number of hydrogen-bond acceptors (Lipinski definition) is 4. The summed E-state index contributed by atoms with van der Waals surface area (Å²) in [5, 5.41) is 0. The van der Waals surface area contributed by atoms with Gasteiger partial charge in [-0.2, -0.15) is 0 Å². The number of Topliss-reactive ketones (excluding diaryl/α,β-unsaturated/α-hetero) is 1. The zero-order valence-electron chi connectivity index (χ0n) is 16.6. The fourth-order valence-electron chi connectivity index (χ4n) is 5.59. The van der Waals surface area contributed by atoms with Crippen LogP contribution in [-0.2, 0) is 20.7 Å². The lowest BCUT2D eigenvalue weighted by Crippen LogP contribution is -2.56. The van der Waals surface area contributed by atoms with Crippen LogP contribution in [-0.4, -0.2) is 17.9 Å². The highest BCUT2D eigenvalue weighted by Gasteiger charge is 2.58. The summed E-state index contributed by atoms with van der Waals surface area (Å²) in [6.45, 7) is 10.0. The molecule has 2 aliphatic carbocycles. The van der Waals surface area contributed by atoms with Gasteiger partial charge in [0.2, 0.25) is 0 Å². The molecule has 0 amide bonds. The number of carbonyl (C=O) groups is 2. The van der Waals surface area contributed by atoms with Gasteiger partial charge in [-0.25, -0.2) is 0 Å². The van der Waals surface area contributed by atoms with Crippen molar-refractivity contribution >= 4 is 11.8 Å². The SMILES string of the molecule is CC(=O)O[C@@H]1C(=O)C(C)=C(CCc2ccoc2)[C@@]2(C)CCCC(C)(C)[C@H]12. The van der Waals surface area contributed by atoms with E-state index in [1.54, 1.807) is 12.5 Å². The van der Waals surface area contributed by atoms with Crippen LogP contribution < -0.4 is 0 Å². The second kappa shape index (κ2) is 6.71. The zero-order valence-corrected chi connectivity index (χ0v) is 16.6. The Morgan fingerprint density at radius 3 is 2.62 bits per heavy atom. The summed E-state index contributed by atoms with van der Waals surface area (Å²) in [4.78, 5) is 24.9. The molecule has 0 N–H and O–H groups in total. The second-order valence-electron chi connectivity index (χ2n) is 8.87. The van der Waals surface area contributed by atoms with Gasteiger partial charge in [-0.1, -0.05) is 32.8 Å². The fourth-order valence-corrected chi connectivity index (χ4v) is 5.59. The van der Waals surface area contributed by atoms with Crippen LogP contribution in [0.3, 0.4) is 0 Å². The molecule has 26 heavy (non-hydrogen) atoms. The molecule has 0 unspecified atom stereocenters. The van der Waals surface area contributed by atoms with Gasteiger partial charge < -0.3 is 9.15 Å². The molecular weight excluding hydrogens is 328 g/mol. The van der Waals surface area contributed by atoms with Crippen LogP contribution in [0.25, 0.3) is 0 Å². The fraction of sp³-hybridized carbons (Fsp3) is 0.636. The number of hydrogen-bond donors (Lipinski definition) is 0. The number of furan rings is 1. The predicted octanol–water partition coefficient (Wildman–Crippen LogP) is 4.88. The Kier molecular flexibility index (Phi) is 4.89. The molecule has 0 saturated heterocycles. The number of carbonyl (C=O) groups excluding carboxylic acids is 2. The van der Waals surface area contributed by atoms with Crippen molar-refractivity contribution in [2.45, 2.75) is 72.8 Å². The van der Waals surface area contributed by atoms with Crippen molar-refractivity contribution in [2.75, 3.05) is 0 Å². The third-order valence-electron chi connectivity index (χ3n) is 6.66. The first-order valence-electron chi connectivity index (χ1n) is 9.59. The Hall–Kier alpha value is -1.84. The lowest BCUT2D eigenvalue weighted by atomic mass is 9.48. The average Bonchev–Trinajstić information content (AvgIpc) is 3.04. The first kappa shape index (κ1) is 18.9. The minimum atomic E-state index is -0.662. The van der Waals surface area contributed by atoms with Crippen molar-refractivity contribution in [1.82, 2.24) is 0 Å². The first-order chi connectivity index (χ1) is 12.2. The van der Waals surface area contributed by atoms with Crippen LogP contribution >= 0.6 is 0 Å². The van der Waals surface area contributed by atoms with E-state index < -0.39 is 6.10 Å². The molecule has 0 spiro atoms. The minimum absolute atomic E-state index is 0.0140. The molecule has 1 heterocycles. The van der Waals surface area contributed by atoms with E-state index in [1.807, 2.05) is 13.0 Å².